The molecule has 3 heteroatoms. The van der Waals surface area contributed by atoms with Crippen molar-refractivity contribution in [1.29, 1.82) is 0 Å². The minimum atomic E-state index is 0.212. The quantitative estimate of drug-likeness (QED) is 0.866. The van der Waals surface area contributed by atoms with Crippen LogP contribution in [0.25, 0.3) is 10.8 Å². The van der Waals surface area contributed by atoms with Crippen LogP contribution in [0, 0.1) is 0 Å². The van der Waals surface area contributed by atoms with Gasteiger partial charge in [-0.1, -0.05) is 40.9 Å². The molecule has 0 unspecified atom stereocenters. The van der Waals surface area contributed by atoms with Crippen LogP contribution in [0.1, 0.15) is 32.6 Å². The smallest absolute Gasteiger partial charge is 0.134 e. The molecule has 18 heavy (non-hydrogen) atoms. The van der Waals surface area contributed by atoms with Crippen molar-refractivity contribution in [2.45, 2.75) is 38.1 Å². The van der Waals surface area contributed by atoms with E-state index in [2.05, 4.69) is 57.4 Å². The van der Waals surface area contributed by atoms with Crippen molar-refractivity contribution in [3.05, 3.63) is 34.9 Å². The first-order valence-corrected chi connectivity index (χ1v) is 7.29. The lowest BCUT2D eigenvalue weighted by atomic mass is 10.0. The third kappa shape index (κ3) is 2.12. The molecule has 1 N–H and O–H groups in total. The molecule has 94 valence electrons. The number of halogens is 1. The van der Waals surface area contributed by atoms with Gasteiger partial charge in [-0.25, -0.2) is 4.98 Å². The number of hydrogen-bond acceptors (Lipinski definition) is 2. The summed E-state index contributed by atoms with van der Waals surface area (Å²) in [6.07, 6.45) is 6.99. The minimum absolute atomic E-state index is 0.212. The Morgan fingerprint density at radius 2 is 1.94 bits per heavy atom. The third-order valence-corrected chi connectivity index (χ3v) is 4.57. The topological polar surface area (TPSA) is 24.9 Å². The molecule has 0 radical (unpaired) electrons. The highest BCUT2D eigenvalue weighted by molar-refractivity contribution is 9.10. The Balaban J connectivity index is 2.04. The SMILES string of the molecule is CC1(Nc2nccc3c(Br)cccc23)CCCC1. The maximum atomic E-state index is 4.52. The summed E-state index contributed by atoms with van der Waals surface area (Å²) in [5.74, 6) is 1.01. The summed E-state index contributed by atoms with van der Waals surface area (Å²) in [7, 11) is 0. The largest absolute Gasteiger partial charge is 0.364 e. The van der Waals surface area contributed by atoms with Crippen molar-refractivity contribution in [3.63, 3.8) is 0 Å². The van der Waals surface area contributed by atoms with Crippen molar-refractivity contribution >= 4 is 32.5 Å². The lowest BCUT2D eigenvalue weighted by molar-refractivity contribution is 0.532. The van der Waals surface area contributed by atoms with Gasteiger partial charge in [-0.3, -0.25) is 0 Å². The first kappa shape index (κ1) is 12.0. The molecular weight excluding hydrogens is 288 g/mol. The molecule has 0 bridgehead atoms. The van der Waals surface area contributed by atoms with Crippen molar-refractivity contribution in [1.82, 2.24) is 4.98 Å². The van der Waals surface area contributed by atoms with Gasteiger partial charge in [-0.2, -0.15) is 0 Å². The number of aromatic nitrogens is 1. The van der Waals surface area contributed by atoms with Crippen molar-refractivity contribution < 1.29 is 0 Å². The number of pyridine rings is 1. The van der Waals surface area contributed by atoms with Crippen LogP contribution < -0.4 is 5.32 Å². The van der Waals surface area contributed by atoms with Crippen LogP contribution in [0.4, 0.5) is 5.82 Å². The minimum Gasteiger partial charge on any atom is -0.364 e. The number of fused-ring (bicyclic) bond motifs is 1. The fraction of sp³-hybridized carbons (Fsp3) is 0.400. The van der Waals surface area contributed by atoms with Gasteiger partial charge in [0.25, 0.3) is 0 Å². The number of benzene rings is 1. The molecule has 1 aliphatic carbocycles. The molecule has 0 amide bonds. The van der Waals surface area contributed by atoms with E-state index in [1.54, 1.807) is 0 Å². The average Bonchev–Trinajstić information content (AvgIpc) is 2.77. The highest BCUT2D eigenvalue weighted by Crippen LogP contribution is 2.35. The number of rotatable bonds is 2. The third-order valence-electron chi connectivity index (χ3n) is 3.88. The molecule has 1 aromatic heterocycles. The van der Waals surface area contributed by atoms with E-state index in [0.29, 0.717) is 0 Å². The van der Waals surface area contributed by atoms with Gasteiger partial charge >= 0.3 is 0 Å². The summed E-state index contributed by atoms with van der Waals surface area (Å²) in [5, 5.41) is 6.07. The van der Waals surface area contributed by atoms with Gasteiger partial charge in [0, 0.05) is 27.0 Å². The summed E-state index contributed by atoms with van der Waals surface area (Å²) in [6.45, 7) is 2.30. The Bertz CT molecular complexity index is 574. The van der Waals surface area contributed by atoms with Gasteiger partial charge in [0.15, 0.2) is 0 Å². The molecule has 0 saturated heterocycles. The van der Waals surface area contributed by atoms with Crippen LogP contribution in [0.3, 0.4) is 0 Å². The highest BCUT2D eigenvalue weighted by atomic mass is 79.9. The van der Waals surface area contributed by atoms with Crippen molar-refractivity contribution in [2.75, 3.05) is 5.32 Å². The maximum Gasteiger partial charge on any atom is 0.134 e. The normalized spacial score (nSPS) is 18.1. The Morgan fingerprint density at radius 3 is 2.72 bits per heavy atom. The number of hydrogen-bond donors (Lipinski definition) is 1. The van der Waals surface area contributed by atoms with Gasteiger partial charge in [0.2, 0.25) is 0 Å². The van der Waals surface area contributed by atoms with Crippen LogP contribution in [0.2, 0.25) is 0 Å². The molecule has 0 aliphatic heterocycles. The molecule has 2 aromatic rings. The molecule has 1 heterocycles. The number of nitrogens with one attached hydrogen (secondary N) is 1. The molecule has 1 aromatic carbocycles. The first-order valence-electron chi connectivity index (χ1n) is 6.49. The van der Waals surface area contributed by atoms with Gasteiger partial charge in [0.1, 0.15) is 5.82 Å². The predicted molar refractivity (Wildman–Crippen MR) is 79.9 cm³/mol. The molecule has 0 spiro atoms. The summed E-state index contributed by atoms with van der Waals surface area (Å²) in [5.41, 5.74) is 0.212. The Hall–Kier alpha value is -1.09. The fourth-order valence-electron chi connectivity index (χ4n) is 2.83. The second-order valence-corrected chi connectivity index (χ2v) is 6.24. The number of anilines is 1. The Morgan fingerprint density at radius 1 is 1.17 bits per heavy atom. The van der Waals surface area contributed by atoms with Crippen LogP contribution >= 0.6 is 15.9 Å². The molecule has 0 atom stereocenters. The second-order valence-electron chi connectivity index (χ2n) is 5.39. The van der Waals surface area contributed by atoms with E-state index < -0.39 is 0 Å². The van der Waals surface area contributed by atoms with E-state index >= 15 is 0 Å². The van der Waals surface area contributed by atoms with Crippen LogP contribution in [-0.4, -0.2) is 10.5 Å². The van der Waals surface area contributed by atoms with E-state index in [-0.39, 0.29) is 5.54 Å². The maximum absolute atomic E-state index is 4.52. The lowest BCUT2D eigenvalue weighted by Gasteiger charge is -2.26. The monoisotopic (exact) mass is 304 g/mol. The van der Waals surface area contributed by atoms with E-state index in [1.165, 1.54) is 36.5 Å². The zero-order valence-corrected chi connectivity index (χ0v) is 12.1. The van der Waals surface area contributed by atoms with E-state index in [9.17, 15) is 0 Å². The molecular formula is C15H17BrN2. The van der Waals surface area contributed by atoms with Crippen molar-refractivity contribution in [2.24, 2.45) is 0 Å². The Labute approximate surface area is 116 Å². The molecule has 1 saturated carbocycles. The molecule has 3 rings (SSSR count). The summed E-state index contributed by atoms with van der Waals surface area (Å²) in [6, 6.07) is 8.33. The fourth-order valence-corrected chi connectivity index (χ4v) is 3.33. The first-order chi connectivity index (χ1) is 8.68. The van der Waals surface area contributed by atoms with Gasteiger partial charge in [0.05, 0.1) is 0 Å². The van der Waals surface area contributed by atoms with E-state index in [4.69, 9.17) is 0 Å². The number of nitrogens with zero attached hydrogens (tertiary/aromatic N) is 1. The van der Waals surface area contributed by atoms with Crippen LogP contribution in [0.15, 0.2) is 34.9 Å². The standard InChI is InChI=1S/C15H17BrN2/c1-15(8-2-3-9-15)18-14-12-5-4-6-13(16)11(12)7-10-17-14/h4-7,10H,2-3,8-9H2,1H3,(H,17,18). The average molecular weight is 305 g/mol. The zero-order valence-electron chi connectivity index (χ0n) is 10.5. The van der Waals surface area contributed by atoms with Crippen LogP contribution in [0.5, 0.6) is 0 Å². The summed E-state index contributed by atoms with van der Waals surface area (Å²) in [4.78, 5) is 4.52. The lowest BCUT2D eigenvalue weighted by Crippen LogP contribution is -2.31. The summed E-state index contributed by atoms with van der Waals surface area (Å²) >= 11 is 3.60. The van der Waals surface area contributed by atoms with Crippen LogP contribution in [-0.2, 0) is 0 Å². The van der Waals surface area contributed by atoms with E-state index in [1.807, 2.05) is 6.20 Å². The van der Waals surface area contributed by atoms with Gasteiger partial charge in [-0.15, -0.1) is 0 Å². The Kier molecular flexibility index (Phi) is 3.02. The van der Waals surface area contributed by atoms with Gasteiger partial charge in [-0.05, 0) is 31.9 Å². The molecule has 1 fully saturated rings. The summed E-state index contributed by atoms with van der Waals surface area (Å²) < 4.78 is 1.13. The molecule has 2 nitrogen and oxygen atoms in total. The van der Waals surface area contributed by atoms with Gasteiger partial charge < -0.3 is 5.32 Å². The molecule has 1 aliphatic rings. The van der Waals surface area contributed by atoms with E-state index in [0.717, 1.165) is 10.3 Å². The highest BCUT2D eigenvalue weighted by Gasteiger charge is 2.29. The second kappa shape index (κ2) is 4.54. The predicted octanol–water partition coefficient (Wildman–Crippen LogP) is 4.74. The zero-order chi connectivity index (χ0) is 12.6. The van der Waals surface area contributed by atoms with Crippen molar-refractivity contribution in [3.8, 4) is 0 Å².